The first-order chi connectivity index (χ1) is 9.33. The van der Waals surface area contributed by atoms with Gasteiger partial charge >= 0.3 is 0 Å². The van der Waals surface area contributed by atoms with Crippen molar-refractivity contribution in [1.29, 1.82) is 10.5 Å². The summed E-state index contributed by atoms with van der Waals surface area (Å²) in [6, 6.07) is 4.25. The summed E-state index contributed by atoms with van der Waals surface area (Å²) in [6.45, 7) is 1.18. The van der Waals surface area contributed by atoms with Crippen LogP contribution >= 0.6 is 0 Å². The zero-order valence-electron chi connectivity index (χ0n) is 11.2. The van der Waals surface area contributed by atoms with Gasteiger partial charge in [-0.15, -0.1) is 0 Å². The molecule has 0 spiro atoms. The van der Waals surface area contributed by atoms with Crippen LogP contribution in [0.4, 0.5) is 0 Å². The third kappa shape index (κ3) is 6.20. The molecule has 19 heavy (non-hydrogen) atoms. The van der Waals surface area contributed by atoms with E-state index < -0.39 is 5.79 Å². The lowest BCUT2D eigenvalue weighted by atomic mass is 10.1. The molecule has 1 aliphatic rings. The number of unbranched alkanes of at least 4 members (excludes halogenated alkanes) is 4. The van der Waals surface area contributed by atoms with Crippen LogP contribution in [0.2, 0.25) is 0 Å². The average molecular weight is 260 g/mol. The maximum atomic E-state index is 8.46. The van der Waals surface area contributed by atoms with Gasteiger partial charge in [0.25, 0.3) is 0 Å². The molecule has 1 saturated heterocycles. The number of hydrogen-bond donors (Lipinski definition) is 0. The lowest BCUT2D eigenvalue weighted by Gasteiger charge is -2.19. The molecule has 0 radical (unpaired) electrons. The molecular weight excluding hydrogens is 240 g/mol. The van der Waals surface area contributed by atoms with Gasteiger partial charge in [0.1, 0.15) is 0 Å². The first-order valence-corrected chi connectivity index (χ1v) is 6.70. The number of ether oxygens (including phenoxy) is 2. The minimum absolute atomic E-state index is 0.572. The Morgan fingerprint density at radius 2 is 1.37 bits per heavy atom. The Balaban J connectivity index is 2.41. The second-order valence-electron chi connectivity index (χ2n) is 4.32. The molecule has 1 fully saturated rings. The van der Waals surface area contributed by atoms with Gasteiger partial charge in [0, 0.05) is 12.8 Å². The van der Waals surface area contributed by atoms with Crippen molar-refractivity contribution in [3.63, 3.8) is 0 Å². The van der Waals surface area contributed by atoms with Crippen molar-refractivity contribution in [3.05, 3.63) is 24.3 Å². The van der Waals surface area contributed by atoms with Crippen molar-refractivity contribution < 1.29 is 9.47 Å². The van der Waals surface area contributed by atoms with Crippen molar-refractivity contribution in [2.45, 2.75) is 44.3 Å². The number of rotatable bonds is 8. The van der Waals surface area contributed by atoms with E-state index in [0.29, 0.717) is 26.1 Å². The van der Waals surface area contributed by atoms with Gasteiger partial charge in [-0.2, -0.15) is 10.5 Å². The summed E-state index contributed by atoms with van der Waals surface area (Å²) in [5.74, 6) is -0.737. The molecule has 1 aliphatic heterocycles. The van der Waals surface area contributed by atoms with Crippen molar-refractivity contribution in [2.75, 3.05) is 13.2 Å². The third-order valence-corrected chi connectivity index (χ3v) is 2.76. The molecule has 102 valence electrons. The number of allylic oxidation sites excluding steroid dienone is 2. The Morgan fingerprint density at radius 1 is 0.895 bits per heavy atom. The predicted molar refractivity (Wildman–Crippen MR) is 71.8 cm³/mol. The number of nitrogens with zero attached hydrogens (tertiary/aromatic N) is 2. The van der Waals surface area contributed by atoms with Gasteiger partial charge in [-0.25, -0.2) is 0 Å². The highest BCUT2D eigenvalue weighted by Crippen LogP contribution is 2.23. The molecule has 0 bridgehead atoms. The average Bonchev–Trinajstić information content (AvgIpc) is 2.88. The van der Waals surface area contributed by atoms with Crippen LogP contribution in [0.1, 0.15) is 38.5 Å². The maximum Gasteiger partial charge on any atom is 0.208 e. The van der Waals surface area contributed by atoms with Crippen molar-refractivity contribution in [3.8, 4) is 12.1 Å². The van der Waals surface area contributed by atoms with Gasteiger partial charge in [0.2, 0.25) is 5.79 Å². The molecule has 4 nitrogen and oxygen atoms in total. The van der Waals surface area contributed by atoms with Gasteiger partial charge < -0.3 is 9.47 Å². The zero-order chi connectivity index (χ0) is 13.8. The quantitative estimate of drug-likeness (QED) is 0.496. The van der Waals surface area contributed by atoms with E-state index in [1.54, 1.807) is 0 Å². The third-order valence-electron chi connectivity index (χ3n) is 2.76. The smallest absolute Gasteiger partial charge is 0.208 e. The Hall–Kier alpha value is -1.62. The molecule has 1 rings (SSSR count). The first kappa shape index (κ1) is 15.4. The Morgan fingerprint density at radius 3 is 1.79 bits per heavy atom. The predicted octanol–water partition coefficient (Wildman–Crippen LogP) is 3.23. The monoisotopic (exact) mass is 260 g/mol. The van der Waals surface area contributed by atoms with Crippen LogP contribution in [0.5, 0.6) is 0 Å². The van der Waals surface area contributed by atoms with Gasteiger partial charge in [-0.1, -0.05) is 12.2 Å². The van der Waals surface area contributed by atoms with E-state index in [0.717, 1.165) is 25.7 Å². The van der Waals surface area contributed by atoms with Crippen LogP contribution in [-0.2, 0) is 9.47 Å². The minimum atomic E-state index is -0.737. The Kier molecular flexibility index (Phi) is 7.58. The standard InChI is InChI=1S/C15H20N2O2/c16-11-7-3-1-5-9-15(18-13-14-19-15)10-6-2-4-8-12-17/h5-6,9-10H,1-4,7-8,13-14H2/b9-5-,10-6-. The molecule has 0 aliphatic carbocycles. The summed E-state index contributed by atoms with van der Waals surface area (Å²) >= 11 is 0. The molecule has 1 heterocycles. The Labute approximate surface area is 114 Å². The second-order valence-corrected chi connectivity index (χ2v) is 4.32. The van der Waals surface area contributed by atoms with Gasteiger partial charge in [-0.3, -0.25) is 0 Å². The number of nitriles is 2. The molecule has 0 amide bonds. The van der Waals surface area contributed by atoms with E-state index in [1.165, 1.54) is 0 Å². The van der Waals surface area contributed by atoms with Gasteiger partial charge in [0.05, 0.1) is 25.4 Å². The summed E-state index contributed by atoms with van der Waals surface area (Å²) in [5, 5.41) is 16.9. The highest BCUT2D eigenvalue weighted by Gasteiger charge is 2.30. The van der Waals surface area contributed by atoms with Crippen molar-refractivity contribution in [1.82, 2.24) is 0 Å². The van der Waals surface area contributed by atoms with Gasteiger partial charge in [-0.05, 0) is 37.8 Å². The van der Waals surface area contributed by atoms with E-state index in [-0.39, 0.29) is 0 Å². The topological polar surface area (TPSA) is 66.0 Å². The van der Waals surface area contributed by atoms with Crippen LogP contribution in [0, 0.1) is 22.7 Å². The lowest BCUT2D eigenvalue weighted by Crippen LogP contribution is -2.23. The van der Waals surface area contributed by atoms with Crippen LogP contribution in [0.25, 0.3) is 0 Å². The molecule has 0 unspecified atom stereocenters. The van der Waals surface area contributed by atoms with Crippen LogP contribution < -0.4 is 0 Å². The summed E-state index contributed by atoms with van der Waals surface area (Å²) < 4.78 is 11.3. The van der Waals surface area contributed by atoms with Crippen LogP contribution in [-0.4, -0.2) is 19.0 Å². The molecule has 0 aromatic rings. The molecule has 0 saturated carbocycles. The van der Waals surface area contributed by atoms with Crippen LogP contribution in [0.15, 0.2) is 24.3 Å². The second kappa shape index (κ2) is 9.33. The highest BCUT2D eigenvalue weighted by molar-refractivity contribution is 5.11. The largest absolute Gasteiger partial charge is 0.341 e. The van der Waals surface area contributed by atoms with Crippen LogP contribution in [0.3, 0.4) is 0 Å². The Bertz CT molecular complexity index is 350. The summed E-state index contributed by atoms with van der Waals surface area (Å²) in [7, 11) is 0. The first-order valence-electron chi connectivity index (χ1n) is 6.70. The molecule has 0 atom stereocenters. The van der Waals surface area contributed by atoms with E-state index in [2.05, 4.69) is 12.1 Å². The summed E-state index contributed by atoms with van der Waals surface area (Å²) in [6.07, 6.45) is 12.4. The highest BCUT2D eigenvalue weighted by atomic mass is 16.7. The van der Waals surface area contributed by atoms with Gasteiger partial charge in [0.15, 0.2) is 0 Å². The molecule has 0 N–H and O–H groups in total. The molecule has 4 heteroatoms. The normalized spacial score (nSPS) is 17.8. The summed E-state index contributed by atoms with van der Waals surface area (Å²) in [4.78, 5) is 0. The zero-order valence-corrected chi connectivity index (χ0v) is 11.2. The van der Waals surface area contributed by atoms with E-state index in [9.17, 15) is 0 Å². The van der Waals surface area contributed by atoms with Crippen molar-refractivity contribution in [2.24, 2.45) is 0 Å². The SMILES string of the molecule is N#CCCC/C=C\C1(/C=C\CCCC#N)OCCO1. The van der Waals surface area contributed by atoms with E-state index >= 15 is 0 Å². The van der Waals surface area contributed by atoms with Crippen molar-refractivity contribution >= 4 is 0 Å². The summed E-state index contributed by atoms with van der Waals surface area (Å²) in [5.41, 5.74) is 0. The molecular formula is C15H20N2O2. The lowest BCUT2D eigenvalue weighted by molar-refractivity contribution is -0.0746. The number of hydrogen-bond acceptors (Lipinski definition) is 4. The fourth-order valence-corrected chi connectivity index (χ4v) is 1.79. The molecule has 0 aromatic heterocycles. The van der Waals surface area contributed by atoms with E-state index in [1.807, 2.05) is 24.3 Å². The minimum Gasteiger partial charge on any atom is -0.341 e. The maximum absolute atomic E-state index is 8.46. The molecule has 0 aromatic carbocycles. The van der Waals surface area contributed by atoms with E-state index in [4.69, 9.17) is 20.0 Å². The fourth-order valence-electron chi connectivity index (χ4n) is 1.79. The fraction of sp³-hybridized carbons (Fsp3) is 0.600.